The Kier molecular flexibility index (Phi) is 3.77. The zero-order valence-electron chi connectivity index (χ0n) is 14.0. The van der Waals surface area contributed by atoms with E-state index in [9.17, 15) is 19.2 Å². The minimum atomic E-state index is -1.27. The summed E-state index contributed by atoms with van der Waals surface area (Å²) in [6.45, 7) is 1.75. The number of benzene rings is 1. The number of allylic oxidation sites excluding steroid dienone is 2. The van der Waals surface area contributed by atoms with E-state index in [0.29, 0.717) is 33.6 Å². The highest BCUT2D eigenvalue weighted by Gasteiger charge is 2.43. The lowest BCUT2D eigenvalue weighted by Gasteiger charge is -2.21. The Bertz CT molecular complexity index is 937. The van der Waals surface area contributed by atoms with Gasteiger partial charge in [-0.1, -0.05) is 0 Å². The van der Waals surface area contributed by atoms with Crippen molar-refractivity contribution in [3.63, 3.8) is 0 Å². The molecule has 0 aliphatic heterocycles. The molecule has 3 atom stereocenters. The Labute approximate surface area is 147 Å². The van der Waals surface area contributed by atoms with Crippen LogP contribution >= 0.6 is 0 Å². The van der Waals surface area contributed by atoms with Crippen LogP contribution in [0.3, 0.4) is 0 Å². The van der Waals surface area contributed by atoms with Gasteiger partial charge in [-0.2, -0.15) is 0 Å². The molecule has 2 bridgehead atoms. The van der Waals surface area contributed by atoms with Crippen LogP contribution in [0.1, 0.15) is 35.4 Å². The Balaban J connectivity index is 1.88. The Morgan fingerprint density at radius 2 is 2.04 bits per heavy atom. The molecule has 0 amide bonds. The minimum absolute atomic E-state index is 0.0692. The average molecular weight is 358 g/mol. The SMILES string of the molecule is Cc1cc2c(C(=O)C3=C(O)C4CCC(C4)C3=O)ccc([S+](C)[O-])c2o1. The average Bonchev–Trinajstić information content (AvgIpc) is 3.16. The molecular formula is C19H18O5S. The standard InChI is InChI=1S/C19H18O5S/c1-9-7-13-12(5-6-14(25(2)23)19(13)24-9)18(22)15-16(20)10-3-4-11(8-10)17(15)21/h5-7,10-11,20H,3-4,8H2,1-2H3. The zero-order chi connectivity index (χ0) is 17.9. The predicted octanol–water partition coefficient (Wildman–Crippen LogP) is 3.47. The maximum absolute atomic E-state index is 13.1. The summed E-state index contributed by atoms with van der Waals surface area (Å²) in [5.41, 5.74) is 0.622. The molecule has 2 aromatic rings. The number of fused-ring (bicyclic) bond motifs is 3. The van der Waals surface area contributed by atoms with E-state index >= 15 is 0 Å². The van der Waals surface area contributed by atoms with E-state index in [0.717, 1.165) is 12.8 Å². The van der Waals surface area contributed by atoms with Crippen LogP contribution in [-0.4, -0.2) is 27.5 Å². The normalized spacial score (nSPS) is 24.2. The summed E-state index contributed by atoms with van der Waals surface area (Å²) in [7, 11) is 0. The van der Waals surface area contributed by atoms with Crippen molar-refractivity contribution in [2.24, 2.45) is 11.8 Å². The van der Waals surface area contributed by atoms with Gasteiger partial charge < -0.3 is 14.1 Å². The van der Waals surface area contributed by atoms with Crippen molar-refractivity contribution < 1.29 is 23.7 Å². The largest absolute Gasteiger partial charge is 0.612 e. The molecule has 1 aromatic carbocycles. The molecule has 1 fully saturated rings. The smallest absolute Gasteiger partial charge is 0.200 e. The summed E-state index contributed by atoms with van der Waals surface area (Å²) in [6, 6.07) is 4.87. The molecule has 1 heterocycles. The van der Waals surface area contributed by atoms with Gasteiger partial charge in [0.05, 0.1) is 0 Å². The molecule has 25 heavy (non-hydrogen) atoms. The van der Waals surface area contributed by atoms with Crippen LogP contribution in [0, 0.1) is 18.8 Å². The van der Waals surface area contributed by atoms with Crippen LogP contribution < -0.4 is 0 Å². The van der Waals surface area contributed by atoms with Crippen LogP contribution in [0.2, 0.25) is 0 Å². The number of Topliss-reactive ketones (excluding diaryl/α,β-unsaturated/α-hetero) is 2. The van der Waals surface area contributed by atoms with E-state index in [4.69, 9.17) is 4.42 Å². The predicted molar refractivity (Wildman–Crippen MR) is 93.1 cm³/mol. The molecule has 3 unspecified atom stereocenters. The maximum Gasteiger partial charge on any atom is 0.200 e. The summed E-state index contributed by atoms with van der Waals surface area (Å²) in [6.07, 6.45) is 3.64. The number of ketones is 2. The monoisotopic (exact) mass is 358 g/mol. The lowest BCUT2D eigenvalue weighted by molar-refractivity contribution is -0.119. The Morgan fingerprint density at radius 1 is 1.32 bits per heavy atom. The van der Waals surface area contributed by atoms with Gasteiger partial charge in [0.25, 0.3) is 0 Å². The molecule has 130 valence electrons. The fraction of sp³-hybridized carbons (Fsp3) is 0.368. The number of aliphatic hydroxyl groups excluding tert-OH is 1. The quantitative estimate of drug-likeness (QED) is 0.515. The highest BCUT2D eigenvalue weighted by molar-refractivity contribution is 7.91. The fourth-order valence-corrected chi connectivity index (χ4v) is 4.68. The van der Waals surface area contributed by atoms with E-state index in [1.165, 1.54) is 0 Å². The van der Waals surface area contributed by atoms with Crippen molar-refractivity contribution >= 4 is 33.7 Å². The third-order valence-electron chi connectivity index (χ3n) is 5.24. The second-order valence-electron chi connectivity index (χ2n) is 6.83. The van der Waals surface area contributed by atoms with Gasteiger partial charge in [-0.05, 0) is 55.6 Å². The van der Waals surface area contributed by atoms with Crippen molar-refractivity contribution in [2.45, 2.75) is 31.1 Å². The number of carbonyl (C=O) groups is 2. The van der Waals surface area contributed by atoms with Crippen LogP contribution in [0.25, 0.3) is 11.0 Å². The molecule has 1 saturated carbocycles. The number of rotatable bonds is 3. The van der Waals surface area contributed by atoms with Crippen molar-refractivity contribution in [1.29, 1.82) is 0 Å². The molecule has 0 spiro atoms. The fourth-order valence-electron chi connectivity index (χ4n) is 4.01. The first-order valence-corrected chi connectivity index (χ1v) is 9.83. The molecule has 5 nitrogen and oxygen atoms in total. The van der Waals surface area contributed by atoms with Gasteiger partial charge in [0.1, 0.15) is 23.3 Å². The number of aryl methyl sites for hydroxylation is 1. The third kappa shape index (κ3) is 2.43. The Morgan fingerprint density at radius 3 is 2.76 bits per heavy atom. The van der Waals surface area contributed by atoms with Crippen molar-refractivity contribution in [2.75, 3.05) is 6.26 Å². The topological polar surface area (TPSA) is 90.6 Å². The number of aliphatic hydroxyl groups is 1. The van der Waals surface area contributed by atoms with Gasteiger partial charge in [-0.25, -0.2) is 0 Å². The van der Waals surface area contributed by atoms with Crippen LogP contribution in [0.4, 0.5) is 0 Å². The lowest BCUT2D eigenvalue weighted by atomic mass is 9.83. The van der Waals surface area contributed by atoms with Gasteiger partial charge in [0, 0.05) is 22.8 Å². The number of hydrogen-bond acceptors (Lipinski definition) is 5. The summed E-state index contributed by atoms with van der Waals surface area (Å²) in [5, 5.41) is 11.0. The van der Waals surface area contributed by atoms with Crippen LogP contribution in [0.15, 0.2) is 38.8 Å². The molecule has 2 aliphatic carbocycles. The number of hydrogen-bond donors (Lipinski definition) is 1. The van der Waals surface area contributed by atoms with Gasteiger partial charge in [-0.15, -0.1) is 0 Å². The molecule has 0 saturated heterocycles. The van der Waals surface area contributed by atoms with Crippen molar-refractivity contribution in [3.05, 3.63) is 40.9 Å². The van der Waals surface area contributed by atoms with E-state index in [2.05, 4.69) is 0 Å². The van der Waals surface area contributed by atoms with Gasteiger partial charge in [0.15, 0.2) is 16.3 Å². The van der Waals surface area contributed by atoms with E-state index in [-0.39, 0.29) is 29.0 Å². The van der Waals surface area contributed by atoms with Gasteiger partial charge >= 0.3 is 0 Å². The maximum atomic E-state index is 13.1. The molecule has 4 rings (SSSR count). The molecule has 1 aromatic heterocycles. The van der Waals surface area contributed by atoms with E-state index in [1.54, 1.807) is 31.4 Å². The highest BCUT2D eigenvalue weighted by atomic mass is 32.2. The first kappa shape index (κ1) is 16.4. The third-order valence-corrected chi connectivity index (χ3v) is 6.19. The first-order valence-electron chi connectivity index (χ1n) is 8.27. The second kappa shape index (κ2) is 5.75. The van der Waals surface area contributed by atoms with Crippen LogP contribution in [0.5, 0.6) is 0 Å². The number of carbonyl (C=O) groups excluding carboxylic acids is 2. The number of furan rings is 1. The summed E-state index contributed by atoms with van der Waals surface area (Å²) < 4.78 is 17.6. The lowest BCUT2D eigenvalue weighted by Crippen LogP contribution is -2.27. The molecule has 6 heteroatoms. The van der Waals surface area contributed by atoms with Crippen LogP contribution in [-0.2, 0) is 16.0 Å². The molecular weight excluding hydrogens is 340 g/mol. The van der Waals surface area contributed by atoms with Gasteiger partial charge in [0.2, 0.25) is 5.78 Å². The summed E-state index contributed by atoms with van der Waals surface area (Å²) >= 11 is -1.27. The van der Waals surface area contributed by atoms with E-state index in [1.807, 2.05) is 0 Å². The highest BCUT2D eigenvalue weighted by Crippen LogP contribution is 2.43. The molecule has 1 N–H and O–H groups in total. The summed E-state index contributed by atoms with van der Waals surface area (Å²) in [4.78, 5) is 26.2. The first-order chi connectivity index (χ1) is 11.9. The molecule has 0 radical (unpaired) electrons. The minimum Gasteiger partial charge on any atom is -0.612 e. The summed E-state index contributed by atoms with van der Waals surface area (Å²) in [5.74, 6) is -0.462. The van der Waals surface area contributed by atoms with Crippen molar-refractivity contribution in [3.8, 4) is 0 Å². The zero-order valence-corrected chi connectivity index (χ0v) is 14.8. The van der Waals surface area contributed by atoms with Gasteiger partial charge in [-0.3, -0.25) is 9.59 Å². The Hall–Kier alpha value is -2.05. The van der Waals surface area contributed by atoms with Crippen molar-refractivity contribution in [1.82, 2.24) is 0 Å². The second-order valence-corrected chi connectivity index (χ2v) is 8.17. The molecule has 2 aliphatic rings. The van der Waals surface area contributed by atoms with E-state index < -0.39 is 17.0 Å².